The fourth-order valence-corrected chi connectivity index (χ4v) is 2.59. The van der Waals surface area contributed by atoms with E-state index in [1.807, 2.05) is 4.90 Å². The van der Waals surface area contributed by atoms with E-state index >= 15 is 0 Å². The zero-order chi connectivity index (χ0) is 13.1. The van der Waals surface area contributed by atoms with E-state index in [1.165, 1.54) is 6.26 Å². The molecule has 5 nitrogen and oxygen atoms in total. The van der Waals surface area contributed by atoms with Crippen molar-refractivity contribution < 1.29 is 14.3 Å². The van der Waals surface area contributed by atoms with Crippen molar-refractivity contribution >= 4 is 5.97 Å². The minimum Gasteiger partial charge on any atom is -0.480 e. The molecule has 1 saturated heterocycles. The molecule has 0 radical (unpaired) electrons. The van der Waals surface area contributed by atoms with Gasteiger partial charge in [-0.1, -0.05) is 6.92 Å². The fraction of sp³-hybridized carbons (Fsp3) is 0.615. The fourth-order valence-electron chi connectivity index (χ4n) is 2.59. The van der Waals surface area contributed by atoms with E-state index in [0.717, 1.165) is 26.2 Å². The molecule has 18 heavy (non-hydrogen) atoms. The molecule has 1 N–H and O–H groups in total. The standard InChI is InChI=1S/C13H20N2O3/c1-3-14-6-7-15(10(2)9-14)12(13(16)17)11-5-4-8-18-11/h4-5,8,10,12H,3,6-7,9H2,1-2H3,(H,16,17). The van der Waals surface area contributed by atoms with Gasteiger partial charge in [0.1, 0.15) is 5.76 Å². The highest BCUT2D eigenvalue weighted by atomic mass is 16.4. The summed E-state index contributed by atoms with van der Waals surface area (Å²) >= 11 is 0. The van der Waals surface area contributed by atoms with E-state index in [1.54, 1.807) is 12.1 Å². The van der Waals surface area contributed by atoms with Crippen molar-refractivity contribution in [2.75, 3.05) is 26.2 Å². The van der Waals surface area contributed by atoms with Gasteiger partial charge in [-0.05, 0) is 25.6 Å². The molecule has 2 heterocycles. The molecule has 0 aliphatic carbocycles. The summed E-state index contributed by atoms with van der Waals surface area (Å²) in [4.78, 5) is 15.8. The maximum atomic E-state index is 11.5. The number of carboxylic acid groups (broad SMARTS) is 1. The Labute approximate surface area is 107 Å². The van der Waals surface area contributed by atoms with Gasteiger partial charge in [-0.3, -0.25) is 9.69 Å². The van der Waals surface area contributed by atoms with Crippen LogP contribution in [-0.4, -0.2) is 53.1 Å². The van der Waals surface area contributed by atoms with Crippen molar-refractivity contribution in [3.63, 3.8) is 0 Å². The molecule has 1 aliphatic rings. The first kappa shape index (κ1) is 13.1. The van der Waals surface area contributed by atoms with Crippen LogP contribution >= 0.6 is 0 Å². The molecule has 1 aromatic heterocycles. The average Bonchev–Trinajstić information content (AvgIpc) is 2.84. The minimum atomic E-state index is -0.846. The number of hydrogen-bond acceptors (Lipinski definition) is 4. The third-order valence-electron chi connectivity index (χ3n) is 3.59. The van der Waals surface area contributed by atoms with E-state index in [0.29, 0.717) is 5.76 Å². The molecule has 0 spiro atoms. The average molecular weight is 252 g/mol. The van der Waals surface area contributed by atoms with Crippen molar-refractivity contribution in [3.05, 3.63) is 24.2 Å². The van der Waals surface area contributed by atoms with Crippen LogP contribution in [0.3, 0.4) is 0 Å². The Balaban J connectivity index is 2.15. The van der Waals surface area contributed by atoms with Gasteiger partial charge in [0.05, 0.1) is 6.26 Å². The molecule has 2 unspecified atom stereocenters. The summed E-state index contributed by atoms with van der Waals surface area (Å²) in [5, 5.41) is 9.42. The van der Waals surface area contributed by atoms with Gasteiger partial charge < -0.3 is 14.4 Å². The van der Waals surface area contributed by atoms with Crippen molar-refractivity contribution in [2.45, 2.75) is 25.9 Å². The molecule has 0 bridgehead atoms. The van der Waals surface area contributed by atoms with Crippen LogP contribution in [0.4, 0.5) is 0 Å². The lowest BCUT2D eigenvalue weighted by Gasteiger charge is -2.41. The molecule has 100 valence electrons. The molecule has 0 saturated carbocycles. The van der Waals surface area contributed by atoms with Crippen molar-refractivity contribution in [3.8, 4) is 0 Å². The van der Waals surface area contributed by atoms with E-state index < -0.39 is 12.0 Å². The van der Waals surface area contributed by atoms with Crippen LogP contribution in [0, 0.1) is 0 Å². The smallest absolute Gasteiger partial charge is 0.328 e. The topological polar surface area (TPSA) is 56.9 Å². The third-order valence-corrected chi connectivity index (χ3v) is 3.59. The Bertz CT molecular complexity index is 391. The lowest BCUT2D eigenvalue weighted by Crippen LogP contribution is -2.54. The number of rotatable bonds is 4. The molecule has 2 rings (SSSR count). The molecule has 0 amide bonds. The predicted octanol–water partition coefficient (Wildman–Crippen LogP) is 1.43. The second-order valence-electron chi connectivity index (χ2n) is 4.74. The van der Waals surface area contributed by atoms with Gasteiger partial charge in [-0.15, -0.1) is 0 Å². The number of hydrogen-bond donors (Lipinski definition) is 1. The summed E-state index contributed by atoms with van der Waals surface area (Å²) in [6, 6.07) is 3.01. The van der Waals surface area contributed by atoms with E-state index in [2.05, 4.69) is 18.7 Å². The van der Waals surface area contributed by atoms with Crippen LogP contribution in [0.15, 0.2) is 22.8 Å². The molecule has 2 atom stereocenters. The van der Waals surface area contributed by atoms with Gasteiger partial charge in [0.25, 0.3) is 0 Å². The van der Waals surface area contributed by atoms with Crippen LogP contribution in [0.25, 0.3) is 0 Å². The van der Waals surface area contributed by atoms with Crippen LogP contribution in [-0.2, 0) is 4.79 Å². The molecule has 0 aromatic carbocycles. The Morgan fingerprint density at radius 3 is 2.89 bits per heavy atom. The Morgan fingerprint density at radius 1 is 1.61 bits per heavy atom. The van der Waals surface area contributed by atoms with E-state index in [9.17, 15) is 9.90 Å². The quantitative estimate of drug-likeness (QED) is 0.878. The summed E-state index contributed by atoms with van der Waals surface area (Å²) in [6.45, 7) is 7.78. The molecule has 1 aliphatic heterocycles. The number of furan rings is 1. The van der Waals surface area contributed by atoms with Crippen LogP contribution in [0.1, 0.15) is 25.6 Å². The summed E-state index contributed by atoms with van der Waals surface area (Å²) in [7, 11) is 0. The van der Waals surface area contributed by atoms with E-state index in [-0.39, 0.29) is 6.04 Å². The summed E-state index contributed by atoms with van der Waals surface area (Å²) in [5.41, 5.74) is 0. The number of piperazine rings is 1. The molecular weight excluding hydrogens is 232 g/mol. The van der Waals surface area contributed by atoms with Crippen molar-refractivity contribution in [1.29, 1.82) is 0 Å². The minimum absolute atomic E-state index is 0.213. The lowest BCUT2D eigenvalue weighted by atomic mass is 10.1. The number of likely N-dealkylation sites (N-methyl/N-ethyl adjacent to an activating group) is 1. The van der Waals surface area contributed by atoms with Crippen molar-refractivity contribution in [2.24, 2.45) is 0 Å². The molecular formula is C13H20N2O3. The highest BCUT2D eigenvalue weighted by Crippen LogP contribution is 2.26. The van der Waals surface area contributed by atoms with Gasteiger partial charge in [-0.2, -0.15) is 0 Å². The zero-order valence-corrected chi connectivity index (χ0v) is 10.9. The second-order valence-corrected chi connectivity index (χ2v) is 4.74. The summed E-state index contributed by atoms with van der Waals surface area (Å²) in [6.07, 6.45) is 1.53. The number of nitrogens with zero attached hydrogens (tertiary/aromatic N) is 2. The monoisotopic (exact) mass is 252 g/mol. The first-order valence-corrected chi connectivity index (χ1v) is 6.37. The Morgan fingerprint density at radius 2 is 2.39 bits per heavy atom. The predicted molar refractivity (Wildman–Crippen MR) is 67.4 cm³/mol. The normalized spacial score (nSPS) is 24.0. The number of carbonyl (C=O) groups is 1. The maximum absolute atomic E-state index is 11.5. The summed E-state index contributed by atoms with van der Waals surface area (Å²) < 4.78 is 5.28. The van der Waals surface area contributed by atoms with Gasteiger partial charge in [0, 0.05) is 25.7 Å². The first-order valence-electron chi connectivity index (χ1n) is 6.37. The van der Waals surface area contributed by atoms with Crippen molar-refractivity contribution in [1.82, 2.24) is 9.80 Å². The Kier molecular flexibility index (Phi) is 4.04. The maximum Gasteiger partial charge on any atom is 0.328 e. The van der Waals surface area contributed by atoms with Gasteiger partial charge in [-0.25, -0.2) is 0 Å². The molecule has 5 heteroatoms. The Hall–Kier alpha value is -1.33. The summed E-state index contributed by atoms with van der Waals surface area (Å²) in [5.74, 6) is -0.332. The first-order chi connectivity index (χ1) is 8.63. The van der Waals surface area contributed by atoms with Gasteiger partial charge >= 0.3 is 5.97 Å². The molecule has 1 fully saturated rings. The third kappa shape index (κ3) is 2.57. The van der Waals surface area contributed by atoms with Crippen LogP contribution < -0.4 is 0 Å². The highest BCUT2D eigenvalue weighted by molar-refractivity contribution is 5.74. The van der Waals surface area contributed by atoms with Gasteiger partial charge in [0.2, 0.25) is 0 Å². The van der Waals surface area contributed by atoms with E-state index in [4.69, 9.17) is 4.42 Å². The van der Waals surface area contributed by atoms with Crippen LogP contribution in [0.5, 0.6) is 0 Å². The van der Waals surface area contributed by atoms with Gasteiger partial charge in [0.15, 0.2) is 6.04 Å². The molecule has 1 aromatic rings. The zero-order valence-electron chi connectivity index (χ0n) is 10.9. The largest absolute Gasteiger partial charge is 0.480 e. The number of aliphatic carboxylic acids is 1. The highest BCUT2D eigenvalue weighted by Gasteiger charge is 2.35. The SMILES string of the molecule is CCN1CCN(C(C(=O)O)c2ccco2)C(C)C1. The second kappa shape index (κ2) is 5.54. The van der Waals surface area contributed by atoms with Crippen LogP contribution in [0.2, 0.25) is 0 Å². The number of carboxylic acids is 1. The lowest BCUT2D eigenvalue weighted by molar-refractivity contribution is -0.146.